The molecule has 3 aromatic rings. The number of rotatable bonds is 7. The zero-order valence-corrected chi connectivity index (χ0v) is 14.8. The highest BCUT2D eigenvalue weighted by Crippen LogP contribution is 2.13. The van der Waals surface area contributed by atoms with E-state index in [1.165, 1.54) is 19.1 Å². The summed E-state index contributed by atoms with van der Waals surface area (Å²) in [6.07, 6.45) is 6.57. The Balaban J connectivity index is 1.70. The van der Waals surface area contributed by atoms with Gasteiger partial charge < -0.3 is 4.57 Å². The molecule has 8 nitrogen and oxygen atoms in total. The van der Waals surface area contributed by atoms with Gasteiger partial charge in [0, 0.05) is 43.4 Å². The number of Topliss-reactive ketones (excluding diaryl/α,β-unsaturated/α-hetero) is 1. The van der Waals surface area contributed by atoms with E-state index in [4.69, 9.17) is 0 Å². The van der Waals surface area contributed by atoms with Crippen molar-refractivity contribution in [3.8, 4) is 11.6 Å². The topological polar surface area (TPSA) is 107 Å². The summed E-state index contributed by atoms with van der Waals surface area (Å²) in [6.45, 7) is 1.91. The van der Waals surface area contributed by atoms with Crippen LogP contribution >= 0.6 is 0 Å². The lowest BCUT2D eigenvalue weighted by Crippen LogP contribution is -2.27. The van der Waals surface area contributed by atoms with Gasteiger partial charge in [-0.2, -0.15) is 0 Å². The molecule has 0 saturated carbocycles. The van der Waals surface area contributed by atoms with Crippen molar-refractivity contribution in [1.29, 1.82) is 0 Å². The van der Waals surface area contributed by atoms with Crippen LogP contribution in [0.2, 0.25) is 0 Å². The number of carbonyl (C=O) groups excluding carboxylic acids is 1. The van der Waals surface area contributed by atoms with Crippen LogP contribution in [0.4, 0.5) is 0 Å². The molecule has 0 aliphatic carbocycles. The summed E-state index contributed by atoms with van der Waals surface area (Å²) in [7, 11) is -3.71. The number of nitrogens with zero attached hydrogens (tertiary/aromatic N) is 4. The fourth-order valence-corrected chi connectivity index (χ4v) is 3.44. The second-order valence-corrected chi connectivity index (χ2v) is 7.27. The van der Waals surface area contributed by atoms with E-state index in [1.54, 1.807) is 47.6 Å². The van der Waals surface area contributed by atoms with Crippen molar-refractivity contribution in [1.82, 2.24) is 24.2 Å². The van der Waals surface area contributed by atoms with Crippen molar-refractivity contribution < 1.29 is 13.2 Å². The van der Waals surface area contributed by atoms with Gasteiger partial charge in [0.2, 0.25) is 10.0 Å². The molecule has 9 heteroatoms. The average molecular weight is 371 g/mol. The Bertz CT molecular complexity index is 1020. The molecule has 26 heavy (non-hydrogen) atoms. The van der Waals surface area contributed by atoms with E-state index in [9.17, 15) is 13.2 Å². The zero-order chi connectivity index (χ0) is 18.6. The van der Waals surface area contributed by atoms with Gasteiger partial charge in [-0.05, 0) is 25.1 Å². The first-order valence-corrected chi connectivity index (χ1v) is 9.35. The van der Waals surface area contributed by atoms with Crippen LogP contribution in [0.25, 0.3) is 11.6 Å². The normalized spacial score (nSPS) is 11.4. The first-order valence-electron chi connectivity index (χ1n) is 7.86. The molecular formula is C17H17N5O3S. The maximum absolute atomic E-state index is 12.4. The SMILES string of the molecule is CC(=O)c1cccc(S(=O)(=O)NCCn2ccnc2-c2ncccn2)c1. The number of aromatic nitrogens is 4. The summed E-state index contributed by atoms with van der Waals surface area (Å²) >= 11 is 0. The fourth-order valence-electron chi connectivity index (χ4n) is 2.38. The first kappa shape index (κ1) is 17.9. The maximum atomic E-state index is 12.4. The molecule has 3 rings (SSSR count). The summed E-state index contributed by atoms with van der Waals surface area (Å²) in [5.74, 6) is 0.839. The summed E-state index contributed by atoms with van der Waals surface area (Å²) in [6, 6.07) is 7.66. The number of ketones is 1. The van der Waals surface area contributed by atoms with Gasteiger partial charge >= 0.3 is 0 Å². The van der Waals surface area contributed by atoms with E-state index in [2.05, 4.69) is 19.7 Å². The number of benzene rings is 1. The van der Waals surface area contributed by atoms with Crippen LogP contribution in [0.5, 0.6) is 0 Å². The van der Waals surface area contributed by atoms with Gasteiger partial charge in [-0.3, -0.25) is 4.79 Å². The predicted octanol–water partition coefficient (Wildman–Crippen LogP) is 1.52. The number of carbonyl (C=O) groups is 1. The third-order valence-electron chi connectivity index (χ3n) is 3.68. The second-order valence-electron chi connectivity index (χ2n) is 5.50. The van der Waals surface area contributed by atoms with Crippen molar-refractivity contribution in [2.45, 2.75) is 18.4 Å². The summed E-state index contributed by atoms with van der Waals surface area (Å²) in [5.41, 5.74) is 0.353. The highest BCUT2D eigenvalue weighted by atomic mass is 32.2. The Morgan fingerprint density at radius 1 is 1.12 bits per heavy atom. The van der Waals surface area contributed by atoms with Crippen molar-refractivity contribution in [3.05, 3.63) is 60.7 Å². The van der Waals surface area contributed by atoms with Gasteiger partial charge in [-0.1, -0.05) is 12.1 Å². The molecule has 0 aliphatic rings. The number of hydrogen-bond donors (Lipinski definition) is 1. The molecule has 1 aromatic carbocycles. The maximum Gasteiger partial charge on any atom is 0.240 e. The quantitative estimate of drug-likeness (QED) is 0.631. The van der Waals surface area contributed by atoms with E-state index < -0.39 is 10.0 Å². The fraction of sp³-hybridized carbons (Fsp3) is 0.176. The number of imidazole rings is 1. The van der Waals surface area contributed by atoms with Gasteiger partial charge in [-0.15, -0.1) is 0 Å². The van der Waals surface area contributed by atoms with Gasteiger partial charge in [0.25, 0.3) is 0 Å². The van der Waals surface area contributed by atoms with Crippen LogP contribution in [0.1, 0.15) is 17.3 Å². The molecule has 0 aliphatic heterocycles. The van der Waals surface area contributed by atoms with Crippen molar-refractivity contribution in [3.63, 3.8) is 0 Å². The van der Waals surface area contributed by atoms with Crippen LogP contribution in [0, 0.1) is 0 Å². The standard InChI is InChI=1S/C17H17N5O3S/c1-13(23)14-4-2-5-15(12-14)26(24,25)21-9-11-22-10-8-20-17(22)16-18-6-3-7-19-16/h2-8,10,12,21H,9,11H2,1H3. The largest absolute Gasteiger partial charge is 0.327 e. The highest BCUT2D eigenvalue weighted by molar-refractivity contribution is 7.89. The van der Waals surface area contributed by atoms with Gasteiger partial charge in [-0.25, -0.2) is 28.1 Å². The van der Waals surface area contributed by atoms with Gasteiger partial charge in [0.1, 0.15) is 0 Å². The molecule has 0 unspecified atom stereocenters. The molecule has 0 radical (unpaired) electrons. The van der Waals surface area contributed by atoms with Crippen molar-refractivity contribution >= 4 is 15.8 Å². The van der Waals surface area contributed by atoms with Crippen LogP contribution in [-0.4, -0.2) is 40.3 Å². The minimum absolute atomic E-state index is 0.0578. The molecule has 2 heterocycles. The summed E-state index contributed by atoms with van der Waals surface area (Å²) in [5, 5.41) is 0. The van der Waals surface area contributed by atoms with Gasteiger partial charge in [0.15, 0.2) is 17.4 Å². The molecule has 2 aromatic heterocycles. The smallest absolute Gasteiger partial charge is 0.240 e. The van der Waals surface area contributed by atoms with Crippen LogP contribution < -0.4 is 4.72 Å². The third-order valence-corrected chi connectivity index (χ3v) is 5.14. The molecule has 134 valence electrons. The average Bonchev–Trinajstić information content (AvgIpc) is 3.11. The lowest BCUT2D eigenvalue weighted by atomic mass is 10.2. The van der Waals surface area contributed by atoms with E-state index in [1.807, 2.05) is 0 Å². The highest BCUT2D eigenvalue weighted by Gasteiger charge is 2.15. The van der Waals surface area contributed by atoms with Gasteiger partial charge in [0.05, 0.1) is 4.90 Å². The second kappa shape index (κ2) is 7.54. The molecule has 0 amide bonds. The van der Waals surface area contributed by atoms with Crippen molar-refractivity contribution in [2.24, 2.45) is 0 Å². The molecule has 0 fully saturated rings. The van der Waals surface area contributed by atoms with Crippen LogP contribution in [-0.2, 0) is 16.6 Å². The lowest BCUT2D eigenvalue weighted by Gasteiger charge is -2.10. The molecular weight excluding hydrogens is 354 g/mol. The van der Waals surface area contributed by atoms with Crippen LogP contribution in [0.15, 0.2) is 60.0 Å². The minimum atomic E-state index is -3.71. The molecule has 0 atom stereocenters. The van der Waals surface area contributed by atoms with E-state index in [0.29, 0.717) is 23.8 Å². The monoisotopic (exact) mass is 371 g/mol. The third kappa shape index (κ3) is 4.01. The molecule has 0 bridgehead atoms. The number of sulfonamides is 1. The molecule has 0 saturated heterocycles. The lowest BCUT2D eigenvalue weighted by molar-refractivity contribution is 0.101. The summed E-state index contributed by atoms with van der Waals surface area (Å²) in [4.78, 5) is 24.0. The molecule has 0 spiro atoms. The number of hydrogen-bond acceptors (Lipinski definition) is 6. The Labute approximate surface area is 151 Å². The Hall–Kier alpha value is -2.91. The Kier molecular flexibility index (Phi) is 5.19. The first-order chi connectivity index (χ1) is 12.5. The predicted molar refractivity (Wildman–Crippen MR) is 94.9 cm³/mol. The number of nitrogens with one attached hydrogen (secondary N) is 1. The zero-order valence-electron chi connectivity index (χ0n) is 14.0. The Morgan fingerprint density at radius 3 is 2.62 bits per heavy atom. The minimum Gasteiger partial charge on any atom is -0.327 e. The van der Waals surface area contributed by atoms with E-state index in [0.717, 1.165) is 0 Å². The van der Waals surface area contributed by atoms with Crippen LogP contribution in [0.3, 0.4) is 0 Å². The van der Waals surface area contributed by atoms with E-state index in [-0.39, 0.29) is 17.2 Å². The Morgan fingerprint density at radius 2 is 1.88 bits per heavy atom. The van der Waals surface area contributed by atoms with Crippen molar-refractivity contribution in [2.75, 3.05) is 6.54 Å². The summed E-state index contributed by atoms with van der Waals surface area (Å²) < 4.78 is 29.1. The molecule has 1 N–H and O–H groups in total. The van der Waals surface area contributed by atoms with E-state index >= 15 is 0 Å².